The van der Waals surface area contributed by atoms with Crippen LogP contribution in [-0.4, -0.2) is 32.3 Å². The van der Waals surface area contributed by atoms with Crippen LogP contribution in [0.3, 0.4) is 0 Å². The van der Waals surface area contributed by atoms with E-state index in [9.17, 15) is 14.0 Å². The van der Waals surface area contributed by atoms with Crippen molar-refractivity contribution in [3.8, 4) is 5.69 Å². The molecule has 184 valence electrons. The van der Waals surface area contributed by atoms with Crippen LogP contribution in [0, 0.1) is 26.6 Å². The van der Waals surface area contributed by atoms with Gasteiger partial charge in [-0.2, -0.15) is 0 Å². The second-order valence-electron chi connectivity index (χ2n) is 8.42. The Bertz CT molecular complexity index is 1400. The van der Waals surface area contributed by atoms with E-state index in [1.165, 1.54) is 23.9 Å². The van der Waals surface area contributed by atoms with Gasteiger partial charge < -0.3 is 10.6 Å². The molecule has 0 saturated carbocycles. The monoisotopic (exact) mass is 503 g/mol. The number of halogens is 1. The molecular weight excluding hydrogens is 477 g/mol. The summed E-state index contributed by atoms with van der Waals surface area (Å²) in [6.07, 6.45) is 0. The van der Waals surface area contributed by atoms with Crippen molar-refractivity contribution in [2.45, 2.75) is 32.5 Å². The van der Waals surface area contributed by atoms with Gasteiger partial charge >= 0.3 is 0 Å². The van der Waals surface area contributed by atoms with E-state index in [0.29, 0.717) is 22.2 Å². The summed E-state index contributed by atoms with van der Waals surface area (Å²) in [5, 5.41) is 14.7. The average Bonchev–Trinajstić information content (AvgIpc) is 3.26. The molecule has 0 fully saturated rings. The molecule has 0 radical (unpaired) electrons. The Labute approximate surface area is 213 Å². The number of nitrogens with zero attached hydrogens (tertiary/aromatic N) is 3. The standard InChI is InChI=1S/C27H26FN5O2S/c1-17-5-4-6-20(13-17)26(35)29-15-24-31-32-27(33(24)22-11-9-21(28)10-12-22)36-16-25(34)30-23-14-18(2)7-8-19(23)3/h4-14H,15-16H2,1-3H3,(H,29,35)(H,30,34). The van der Waals surface area contributed by atoms with Gasteiger partial charge in [-0.1, -0.05) is 41.6 Å². The highest BCUT2D eigenvalue weighted by molar-refractivity contribution is 7.99. The van der Waals surface area contributed by atoms with Crippen molar-refractivity contribution in [1.82, 2.24) is 20.1 Å². The summed E-state index contributed by atoms with van der Waals surface area (Å²) < 4.78 is 15.3. The van der Waals surface area contributed by atoms with Crippen molar-refractivity contribution in [2.24, 2.45) is 0 Å². The lowest BCUT2D eigenvalue weighted by Gasteiger charge is -2.12. The predicted octanol–water partition coefficient (Wildman–Crippen LogP) is 4.99. The zero-order valence-electron chi connectivity index (χ0n) is 20.2. The number of thioether (sulfide) groups is 1. The van der Waals surface area contributed by atoms with Crippen molar-refractivity contribution in [2.75, 3.05) is 11.1 Å². The molecule has 0 saturated heterocycles. The first-order chi connectivity index (χ1) is 17.3. The summed E-state index contributed by atoms with van der Waals surface area (Å²) in [6.45, 7) is 5.92. The number of hydrogen-bond acceptors (Lipinski definition) is 5. The zero-order chi connectivity index (χ0) is 25.7. The molecule has 7 nitrogen and oxygen atoms in total. The van der Waals surface area contributed by atoms with Gasteiger partial charge in [0.1, 0.15) is 5.82 Å². The molecule has 2 N–H and O–H groups in total. The molecule has 1 heterocycles. The summed E-state index contributed by atoms with van der Waals surface area (Å²) in [4.78, 5) is 25.3. The number of aromatic nitrogens is 3. The molecule has 0 aliphatic heterocycles. The maximum Gasteiger partial charge on any atom is 0.251 e. The van der Waals surface area contributed by atoms with Gasteiger partial charge in [0.05, 0.1) is 12.3 Å². The van der Waals surface area contributed by atoms with Gasteiger partial charge in [0.25, 0.3) is 5.91 Å². The minimum Gasteiger partial charge on any atom is -0.345 e. The minimum atomic E-state index is -0.372. The van der Waals surface area contributed by atoms with Crippen molar-refractivity contribution in [3.63, 3.8) is 0 Å². The van der Waals surface area contributed by atoms with Crippen molar-refractivity contribution in [1.29, 1.82) is 0 Å². The Morgan fingerprint density at radius 1 is 0.944 bits per heavy atom. The summed E-state index contributed by atoms with van der Waals surface area (Å²) >= 11 is 1.21. The van der Waals surface area contributed by atoms with Gasteiger partial charge in [-0.15, -0.1) is 10.2 Å². The molecular formula is C27H26FN5O2S. The molecule has 0 spiro atoms. The molecule has 0 aliphatic carbocycles. The quantitative estimate of drug-likeness (QED) is 0.331. The molecule has 4 aromatic rings. The number of amides is 2. The van der Waals surface area contributed by atoms with Gasteiger partial charge in [0.15, 0.2) is 11.0 Å². The van der Waals surface area contributed by atoms with Crippen LogP contribution < -0.4 is 10.6 Å². The number of benzene rings is 3. The van der Waals surface area contributed by atoms with E-state index in [-0.39, 0.29) is 29.9 Å². The summed E-state index contributed by atoms with van der Waals surface area (Å²) in [7, 11) is 0. The van der Waals surface area contributed by atoms with Crippen LogP contribution in [0.15, 0.2) is 71.9 Å². The highest BCUT2D eigenvalue weighted by Crippen LogP contribution is 2.23. The number of anilines is 1. The average molecular weight is 504 g/mol. The van der Waals surface area contributed by atoms with Gasteiger partial charge in [-0.25, -0.2) is 4.39 Å². The number of carbonyl (C=O) groups excluding carboxylic acids is 2. The zero-order valence-corrected chi connectivity index (χ0v) is 21.0. The molecule has 0 bridgehead atoms. The molecule has 0 aliphatic rings. The van der Waals surface area contributed by atoms with Crippen molar-refractivity contribution < 1.29 is 14.0 Å². The maximum atomic E-state index is 13.6. The summed E-state index contributed by atoms with van der Waals surface area (Å²) in [5.74, 6) is -0.239. The van der Waals surface area contributed by atoms with Crippen LogP contribution in [0.25, 0.3) is 5.69 Å². The van der Waals surface area contributed by atoms with E-state index in [4.69, 9.17) is 0 Å². The topological polar surface area (TPSA) is 88.9 Å². The second-order valence-corrected chi connectivity index (χ2v) is 9.36. The fourth-order valence-corrected chi connectivity index (χ4v) is 4.36. The summed E-state index contributed by atoms with van der Waals surface area (Å²) in [5.41, 5.74) is 4.94. The van der Waals surface area contributed by atoms with Gasteiger partial charge in [-0.3, -0.25) is 14.2 Å². The third-order valence-corrected chi connectivity index (χ3v) is 6.40. The van der Waals surface area contributed by atoms with Gasteiger partial charge in [0.2, 0.25) is 5.91 Å². The minimum absolute atomic E-state index is 0.0996. The second kappa shape index (κ2) is 11.2. The van der Waals surface area contributed by atoms with E-state index in [2.05, 4.69) is 20.8 Å². The van der Waals surface area contributed by atoms with Gasteiger partial charge in [0, 0.05) is 16.9 Å². The van der Waals surface area contributed by atoms with Crippen LogP contribution in [0.2, 0.25) is 0 Å². The van der Waals surface area contributed by atoms with E-state index in [0.717, 1.165) is 22.4 Å². The Morgan fingerprint density at radius 3 is 2.44 bits per heavy atom. The van der Waals surface area contributed by atoms with Crippen LogP contribution in [0.1, 0.15) is 32.9 Å². The normalized spacial score (nSPS) is 10.8. The van der Waals surface area contributed by atoms with Crippen molar-refractivity contribution in [3.05, 3.63) is 101 Å². The number of nitrogens with one attached hydrogen (secondary N) is 2. The Kier molecular flexibility index (Phi) is 7.80. The fourth-order valence-electron chi connectivity index (χ4n) is 3.59. The first kappa shape index (κ1) is 25.1. The van der Waals surface area contributed by atoms with Crippen molar-refractivity contribution >= 4 is 29.3 Å². The van der Waals surface area contributed by atoms with E-state index < -0.39 is 0 Å². The number of hydrogen-bond donors (Lipinski definition) is 2. The van der Waals surface area contributed by atoms with Gasteiger partial charge in [-0.05, 0) is 74.4 Å². The van der Waals surface area contributed by atoms with Crippen LogP contribution >= 0.6 is 11.8 Å². The maximum absolute atomic E-state index is 13.6. The Hall–Kier alpha value is -3.98. The first-order valence-corrected chi connectivity index (χ1v) is 12.3. The third-order valence-electron chi connectivity index (χ3n) is 5.47. The van der Waals surface area contributed by atoms with Crippen LogP contribution in [0.5, 0.6) is 0 Å². The lowest BCUT2D eigenvalue weighted by molar-refractivity contribution is -0.113. The SMILES string of the molecule is Cc1cccc(C(=O)NCc2nnc(SCC(=O)Nc3cc(C)ccc3C)n2-c2ccc(F)cc2)c1. The largest absolute Gasteiger partial charge is 0.345 e. The predicted molar refractivity (Wildman–Crippen MR) is 139 cm³/mol. The van der Waals surface area contributed by atoms with E-state index in [1.807, 2.05) is 51.1 Å². The van der Waals surface area contributed by atoms with E-state index >= 15 is 0 Å². The number of carbonyl (C=O) groups is 2. The smallest absolute Gasteiger partial charge is 0.251 e. The fraction of sp³-hybridized carbons (Fsp3) is 0.185. The molecule has 3 aromatic carbocycles. The highest BCUT2D eigenvalue weighted by atomic mass is 32.2. The molecule has 2 amide bonds. The molecule has 0 unspecified atom stereocenters. The lowest BCUT2D eigenvalue weighted by Crippen LogP contribution is -2.24. The molecule has 4 rings (SSSR count). The third kappa shape index (κ3) is 6.17. The molecule has 36 heavy (non-hydrogen) atoms. The first-order valence-electron chi connectivity index (χ1n) is 11.3. The molecule has 9 heteroatoms. The highest BCUT2D eigenvalue weighted by Gasteiger charge is 2.17. The Morgan fingerprint density at radius 2 is 1.69 bits per heavy atom. The number of aryl methyl sites for hydroxylation is 3. The lowest BCUT2D eigenvalue weighted by atomic mass is 10.1. The summed E-state index contributed by atoms with van der Waals surface area (Å²) in [6, 6.07) is 19.0. The molecule has 1 aromatic heterocycles. The van der Waals surface area contributed by atoms with Crippen LogP contribution in [0.4, 0.5) is 10.1 Å². The molecule has 0 atom stereocenters. The number of rotatable bonds is 8. The van der Waals surface area contributed by atoms with E-state index in [1.54, 1.807) is 28.8 Å². The Balaban J connectivity index is 1.51. The van der Waals surface area contributed by atoms with Crippen LogP contribution in [-0.2, 0) is 11.3 Å².